The van der Waals surface area contributed by atoms with Crippen molar-refractivity contribution in [1.82, 2.24) is 20.4 Å². The van der Waals surface area contributed by atoms with Crippen LogP contribution < -0.4 is 10.6 Å². The summed E-state index contributed by atoms with van der Waals surface area (Å²) in [6.07, 6.45) is 5.11. The molecule has 4 N–H and O–H groups in total. The molecule has 2 aromatic carbocycles. The molecule has 0 atom stereocenters. The molecule has 2 aromatic heterocycles. The predicted molar refractivity (Wildman–Crippen MR) is 153 cm³/mol. The van der Waals surface area contributed by atoms with Crippen LogP contribution in [0.3, 0.4) is 0 Å². The molecule has 0 aliphatic rings. The van der Waals surface area contributed by atoms with E-state index in [0.717, 1.165) is 69.4 Å². The number of aryl methyl sites for hydroxylation is 2. The lowest BCUT2D eigenvalue weighted by molar-refractivity contribution is -0.115. The van der Waals surface area contributed by atoms with Crippen LogP contribution in [0, 0.1) is 0 Å². The van der Waals surface area contributed by atoms with Crippen molar-refractivity contribution in [2.45, 2.75) is 51.7 Å². The first-order valence-corrected chi connectivity index (χ1v) is 14.1. The zero-order valence-electron chi connectivity index (χ0n) is 21.7. The Hall–Kier alpha value is -3.58. The molecule has 0 saturated carbocycles. The minimum atomic E-state index is -0.166. The van der Waals surface area contributed by atoms with E-state index >= 15 is 0 Å². The monoisotopic (exact) mass is 568 g/mol. The van der Waals surface area contributed by atoms with E-state index in [1.54, 1.807) is 11.3 Å². The summed E-state index contributed by atoms with van der Waals surface area (Å²) in [7, 11) is 1.83. The summed E-state index contributed by atoms with van der Waals surface area (Å²) in [5, 5.41) is 43.6. The van der Waals surface area contributed by atoms with Gasteiger partial charge in [0.1, 0.15) is 16.3 Å². The average molecular weight is 569 g/mol. The van der Waals surface area contributed by atoms with Crippen LogP contribution in [0.1, 0.15) is 45.1 Å². The number of hydrogen-bond donors (Lipinski definition) is 4. The van der Waals surface area contributed by atoms with Gasteiger partial charge in [0.2, 0.25) is 16.2 Å². The second-order valence-electron chi connectivity index (χ2n) is 8.41. The highest BCUT2D eigenvalue weighted by Crippen LogP contribution is 2.20. The molecule has 0 saturated heterocycles. The molecule has 0 aliphatic heterocycles. The van der Waals surface area contributed by atoms with E-state index in [0.29, 0.717) is 11.6 Å². The number of aliphatic hydroxyl groups excluding tert-OH is 2. The van der Waals surface area contributed by atoms with Gasteiger partial charge in [0.25, 0.3) is 0 Å². The molecule has 0 fully saturated rings. The second kappa shape index (κ2) is 16.4. The Morgan fingerprint density at radius 2 is 1.31 bits per heavy atom. The standard InChI is InChI=1S/C18H22N6O2S2.C9H10O2/c1-19-17-23-21-15(27-17)8-4-5-9-16-22-24-18(28-16)20-14(26)10-12-6-2-3-7-13(12)11-25;10-6-5-8-3-1-2-4-9(8)7-11/h2-3,6-7,25H,4-5,8-11H2,1H3,(H,19,23)(H,20,24,26);1-4,6,11H,5,7H2. The molecular weight excluding hydrogens is 536 g/mol. The van der Waals surface area contributed by atoms with Crippen LogP contribution >= 0.6 is 22.7 Å². The minimum absolute atomic E-state index is 0.00398. The zero-order chi connectivity index (χ0) is 27.9. The largest absolute Gasteiger partial charge is 0.392 e. The van der Waals surface area contributed by atoms with Crippen molar-refractivity contribution in [3.05, 3.63) is 80.8 Å². The lowest BCUT2D eigenvalue weighted by atomic mass is 10.1. The number of aldehydes is 1. The van der Waals surface area contributed by atoms with Gasteiger partial charge in [-0.05, 0) is 35.1 Å². The van der Waals surface area contributed by atoms with Gasteiger partial charge in [0.05, 0.1) is 19.6 Å². The molecule has 10 nitrogen and oxygen atoms in total. The molecular formula is C27H32N6O4S2. The van der Waals surface area contributed by atoms with E-state index in [4.69, 9.17) is 5.11 Å². The van der Waals surface area contributed by atoms with Crippen molar-refractivity contribution < 1.29 is 19.8 Å². The molecule has 2 heterocycles. The molecule has 39 heavy (non-hydrogen) atoms. The first-order chi connectivity index (χ1) is 19.1. The summed E-state index contributed by atoms with van der Waals surface area (Å²) in [5.74, 6) is -0.166. The van der Waals surface area contributed by atoms with Crippen LogP contribution in [0.5, 0.6) is 0 Å². The number of carbonyl (C=O) groups is 2. The molecule has 1 amide bonds. The fourth-order valence-electron chi connectivity index (χ4n) is 3.63. The van der Waals surface area contributed by atoms with Gasteiger partial charge in [0, 0.05) is 26.3 Å². The summed E-state index contributed by atoms with van der Waals surface area (Å²) in [6, 6.07) is 14.7. The first kappa shape index (κ1) is 30.0. The molecule has 0 unspecified atom stereocenters. The maximum absolute atomic E-state index is 12.2. The molecule has 0 spiro atoms. The smallest absolute Gasteiger partial charge is 0.230 e. The highest BCUT2D eigenvalue weighted by Gasteiger charge is 2.11. The third-order valence-electron chi connectivity index (χ3n) is 5.66. The van der Waals surface area contributed by atoms with E-state index in [1.165, 1.54) is 11.3 Å². The third-order valence-corrected chi connectivity index (χ3v) is 7.56. The summed E-state index contributed by atoms with van der Waals surface area (Å²) >= 11 is 2.97. The SMILES string of the molecule is CNc1nnc(CCCCc2nnc(NC(=O)Cc3ccccc3CO)s2)s1.O=CCc1ccccc1CO. The quantitative estimate of drug-likeness (QED) is 0.140. The number of nitrogens with zero attached hydrogens (tertiary/aromatic N) is 4. The molecule has 206 valence electrons. The minimum Gasteiger partial charge on any atom is -0.392 e. The van der Waals surface area contributed by atoms with Gasteiger partial charge >= 0.3 is 0 Å². The van der Waals surface area contributed by atoms with Crippen LogP contribution in [0.15, 0.2) is 48.5 Å². The van der Waals surface area contributed by atoms with E-state index in [2.05, 4.69) is 31.0 Å². The molecule has 0 aliphatic carbocycles. The van der Waals surface area contributed by atoms with Gasteiger partial charge in [-0.15, -0.1) is 20.4 Å². The van der Waals surface area contributed by atoms with Gasteiger partial charge in [-0.1, -0.05) is 71.2 Å². The normalized spacial score (nSPS) is 10.4. The van der Waals surface area contributed by atoms with Gasteiger partial charge in [0.15, 0.2) is 0 Å². The summed E-state index contributed by atoms with van der Waals surface area (Å²) in [4.78, 5) is 22.4. The van der Waals surface area contributed by atoms with Crippen LogP contribution in [-0.2, 0) is 48.5 Å². The van der Waals surface area contributed by atoms with Crippen molar-refractivity contribution in [2.75, 3.05) is 17.7 Å². The van der Waals surface area contributed by atoms with E-state index < -0.39 is 0 Å². The number of nitrogens with one attached hydrogen (secondary N) is 2. The van der Waals surface area contributed by atoms with Crippen molar-refractivity contribution >= 4 is 45.1 Å². The topological polar surface area (TPSA) is 150 Å². The number of amides is 1. The van der Waals surface area contributed by atoms with Gasteiger partial charge in [-0.2, -0.15) is 0 Å². The number of benzene rings is 2. The fourth-order valence-corrected chi connectivity index (χ4v) is 5.17. The van der Waals surface area contributed by atoms with Crippen LogP contribution in [0.2, 0.25) is 0 Å². The first-order valence-electron chi connectivity index (χ1n) is 12.5. The number of aromatic nitrogens is 4. The summed E-state index contributed by atoms with van der Waals surface area (Å²) in [5.41, 5.74) is 3.31. The van der Waals surface area contributed by atoms with Crippen LogP contribution in [0.25, 0.3) is 0 Å². The summed E-state index contributed by atoms with van der Waals surface area (Å²) in [6.45, 7) is -0.0796. The van der Waals surface area contributed by atoms with Gasteiger partial charge in [-0.3, -0.25) is 4.79 Å². The Morgan fingerprint density at radius 1 is 0.795 bits per heavy atom. The second-order valence-corrected chi connectivity index (χ2v) is 10.5. The van der Waals surface area contributed by atoms with Gasteiger partial charge in [-0.25, -0.2) is 0 Å². The Bertz CT molecular complexity index is 1330. The van der Waals surface area contributed by atoms with Crippen LogP contribution in [-0.4, -0.2) is 49.8 Å². The van der Waals surface area contributed by atoms with Crippen molar-refractivity contribution in [2.24, 2.45) is 0 Å². The Morgan fingerprint density at radius 3 is 1.85 bits per heavy atom. The molecule has 4 rings (SSSR count). The lowest BCUT2D eigenvalue weighted by Crippen LogP contribution is -2.15. The van der Waals surface area contributed by atoms with Crippen molar-refractivity contribution in [3.8, 4) is 0 Å². The average Bonchev–Trinajstić information content (AvgIpc) is 3.61. The lowest BCUT2D eigenvalue weighted by Gasteiger charge is -2.06. The van der Waals surface area contributed by atoms with Crippen molar-refractivity contribution in [3.63, 3.8) is 0 Å². The maximum atomic E-state index is 12.2. The molecule has 4 aromatic rings. The zero-order valence-corrected chi connectivity index (χ0v) is 23.3. The van der Waals surface area contributed by atoms with Crippen molar-refractivity contribution in [1.29, 1.82) is 0 Å². The number of aliphatic hydroxyl groups is 2. The van der Waals surface area contributed by atoms with Gasteiger partial charge < -0.3 is 25.6 Å². The van der Waals surface area contributed by atoms with E-state index in [-0.39, 0.29) is 25.5 Å². The highest BCUT2D eigenvalue weighted by molar-refractivity contribution is 7.15. The molecule has 0 radical (unpaired) electrons. The van der Waals surface area contributed by atoms with Crippen LogP contribution in [0.4, 0.5) is 10.3 Å². The van der Waals surface area contributed by atoms with E-state index in [1.807, 2.05) is 55.6 Å². The number of rotatable bonds is 13. The number of hydrogen-bond acceptors (Lipinski definition) is 11. The number of carbonyl (C=O) groups excluding carboxylic acids is 2. The number of anilines is 2. The third kappa shape index (κ3) is 9.91. The highest BCUT2D eigenvalue weighted by atomic mass is 32.1. The Balaban J connectivity index is 0.000000320. The number of unbranched alkanes of at least 4 members (excludes halogenated alkanes) is 1. The molecule has 0 bridgehead atoms. The Kier molecular flexibility index (Phi) is 12.6. The maximum Gasteiger partial charge on any atom is 0.230 e. The Labute approximate surface area is 235 Å². The summed E-state index contributed by atoms with van der Waals surface area (Å²) < 4.78 is 0. The fraction of sp³-hybridized carbons (Fsp3) is 0.333. The predicted octanol–water partition coefficient (Wildman–Crippen LogP) is 3.59. The molecule has 12 heteroatoms. The van der Waals surface area contributed by atoms with E-state index in [9.17, 15) is 14.7 Å².